The number of rotatable bonds is 11. The molecule has 2 unspecified atom stereocenters. The predicted molar refractivity (Wildman–Crippen MR) is 149 cm³/mol. The minimum absolute atomic E-state index is 0.0778. The topological polar surface area (TPSA) is 105 Å². The maximum atomic E-state index is 15.4. The first-order valence-corrected chi connectivity index (χ1v) is 13.5. The second-order valence-corrected chi connectivity index (χ2v) is 10.8. The van der Waals surface area contributed by atoms with Crippen molar-refractivity contribution in [1.82, 2.24) is 20.6 Å². The van der Waals surface area contributed by atoms with Crippen LogP contribution in [0.2, 0.25) is 0 Å². The lowest BCUT2D eigenvalue weighted by Gasteiger charge is -2.24. The van der Waals surface area contributed by atoms with E-state index in [4.69, 9.17) is 5.73 Å². The first-order chi connectivity index (χ1) is 18.0. The summed E-state index contributed by atoms with van der Waals surface area (Å²) in [7, 11) is 0. The Morgan fingerprint density at radius 1 is 1.19 bits per heavy atom. The summed E-state index contributed by atoms with van der Waals surface area (Å²) in [6, 6.07) is 17.3. The Hall–Kier alpha value is -3.34. The van der Waals surface area contributed by atoms with Gasteiger partial charge in [-0.15, -0.1) is 0 Å². The molecule has 0 radical (unpaired) electrons. The Morgan fingerprint density at radius 2 is 2.00 bits per heavy atom. The van der Waals surface area contributed by atoms with Crippen LogP contribution in [0.25, 0.3) is 0 Å². The van der Waals surface area contributed by atoms with Crippen molar-refractivity contribution >= 4 is 35.2 Å². The molecule has 5 N–H and O–H groups in total. The normalized spacial score (nSPS) is 16.2. The third kappa shape index (κ3) is 7.34. The van der Waals surface area contributed by atoms with Crippen molar-refractivity contribution < 1.29 is 9.18 Å². The van der Waals surface area contributed by atoms with Crippen LogP contribution in [0.3, 0.4) is 0 Å². The molecule has 1 aromatic carbocycles. The molecule has 2 atom stereocenters. The van der Waals surface area contributed by atoms with Gasteiger partial charge in [0.15, 0.2) is 11.5 Å². The van der Waals surface area contributed by atoms with Crippen LogP contribution >= 0.6 is 23.5 Å². The van der Waals surface area contributed by atoms with Crippen LogP contribution < -0.4 is 21.7 Å². The van der Waals surface area contributed by atoms with E-state index in [1.165, 1.54) is 30.2 Å². The van der Waals surface area contributed by atoms with E-state index in [0.29, 0.717) is 21.6 Å². The Balaban J connectivity index is 1.41. The summed E-state index contributed by atoms with van der Waals surface area (Å²) in [5, 5.41) is 10.1. The predicted octanol–water partition coefficient (Wildman–Crippen LogP) is 5.05. The number of nitrogens with two attached hydrogens (primary N) is 1. The van der Waals surface area contributed by atoms with Gasteiger partial charge in [0.1, 0.15) is 5.82 Å². The van der Waals surface area contributed by atoms with E-state index in [0.717, 1.165) is 36.7 Å². The van der Waals surface area contributed by atoms with Crippen LogP contribution in [0, 0.1) is 5.82 Å². The smallest absolute Gasteiger partial charge is 0.272 e. The van der Waals surface area contributed by atoms with Crippen molar-refractivity contribution in [3.8, 4) is 0 Å². The summed E-state index contributed by atoms with van der Waals surface area (Å²) in [5.41, 5.74) is 6.68. The molecule has 0 bridgehead atoms. The van der Waals surface area contributed by atoms with Crippen LogP contribution in [-0.2, 0) is 0 Å². The summed E-state index contributed by atoms with van der Waals surface area (Å²) in [6.07, 6.45) is 6.59. The molecule has 3 heterocycles. The number of thioether (sulfide) groups is 2. The number of aromatic nitrogens is 2. The Bertz CT molecular complexity index is 1240. The number of anilines is 1. The fraction of sp³-hybridized carbons (Fsp3) is 0.222. The van der Waals surface area contributed by atoms with Gasteiger partial charge in [0.2, 0.25) is 0 Å². The zero-order chi connectivity index (χ0) is 26.0. The SMILES string of the molecule is C=C(Nc1ccccn1)S/C(=C\N)Sc1ccnc(C(=O)NCC(c2ccccc2)C2CCCN2)c1F. The molecule has 4 rings (SSSR count). The van der Waals surface area contributed by atoms with Gasteiger partial charge in [0, 0.05) is 37.1 Å². The quantitative estimate of drug-likeness (QED) is 0.253. The van der Waals surface area contributed by atoms with Crippen LogP contribution in [0.4, 0.5) is 10.2 Å². The van der Waals surface area contributed by atoms with Gasteiger partial charge in [-0.1, -0.05) is 66.5 Å². The van der Waals surface area contributed by atoms with Gasteiger partial charge in [-0.3, -0.25) is 4.79 Å². The molecule has 1 fully saturated rings. The zero-order valence-corrected chi connectivity index (χ0v) is 21.8. The Labute approximate surface area is 224 Å². The van der Waals surface area contributed by atoms with Gasteiger partial charge in [-0.05, 0) is 43.1 Å². The number of hydrogen-bond donors (Lipinski definition) is 4. The van der Waals surface area contributed by atoms with Crippen LogP contribution in [0.5, 0.6) is 0 Å². The third-order valence-corrected chi connectivity index (χ3v) is 7.92. The highest BCUT2D eigenvalue weighted by Gasteiger charge is 2.27. The molecule has 1 aliphatic heterocycles. The molecule has 0 spiro atoms. The number of pyridine rings is 2. The van der Waals surface area contributed by atoms with E-state index in [9.17, 15) is 4.79 Å². The molecule has 0 saturated carbocycles. The lowest BCUT2D eigenvalue weighted by atomic mass is 9.90. The molecule has 1 saturated heterocycles. The number of nitrogens with one attached hydrogen (secondary N) is 3. The summed E-state index contributed by atoms with van der Waals surface area (Å²) in [6.45, 7) is 5.30. The molecule has 37 heavy (non-hydrogen) atoms. The standard InChI is InChI=1S/C27H29FN6OS2/c1-18(34-23-11-5-6-13-31-23)36-24(16-29)37-22-12-15-32-26(25(22)28)27(35)33-17-20(21-10-7-14-30-21)19-8-3-2-4-9-19/h2-6,8-9,11-13,15-16,20-21,30H,1,7,10,14,17,29H2,(H,31,34)(H,33,35)/b24-16+. The second kappa shape index (κ2) is 13.3. The number of nitrogens with zero attached hydrogens (tertiary/aromatic N) is 2. The molecule has 0 aliphatic carbocycles. The first-order valence-electron chi connectivity index (χ1n) is 11.9. The van der Waals surface area contributed by atoms with E-state index in [1.54, 1.807) is 6.20 Å². The Kier molecular flexibility index (Phi) is 9.58. The Morgan fingerprint density at radius 3 is 2.70 bits per heavy atom. The minimum Gasteiger partial charge on any atom is -0.403 e. The summed E-state index contributed by atoms with van der Waals surface area (Å²) < 4.78 is 16.0. The van der Waals surface area contributed by atoms with E-state index < -0.39 is 11.7 Å². The van der Waals surface area contributed by atoms with Crippen molar-refractivity contribution in [3.05, 3.63) is 106 Å². The van der Waals surface area contributed by atoms with E-state index in [2.05, 4.69) is 44.6 Å². The number of hydrogen-bond acceptors (Lipinski definition) is 8. The maximum absolute atomic E-state index is 15.4. The molecule has 10 heteroatoms. The maximum Gasteiger partial charge on any atom is 0.272 e. The molecule has 1 aliphatic rings. The van der Waals surface area contributed by atoms with Crippen molar-refractivity contribution in [1.29, 1.82) is 0 Å². The largest absolute Gasteiger partial charge is 0.403 e. The molecule has 1 amide bonds. The third-order valence-electron chi connectivity index (χ3n) is 5.87. The summed E-state index contributed by atoms with van der Waals surface area (Å²) >= 11 is 2.34. The summed E-state index contributed by atoms with van der Waals surface area (Å²) in [4.78, 5) is 21.4. The second-order valence-electron chi connectivity index (χ2n) is 8.35. The van der Waals surface area contributed by atoms with Gasteiger partial charge < -0.3 is 21.7 Å². The lowest BCUT2D eigenvalue weighted by Crippen LogP contribution is -2.38. The van der Waals surface area contributed by atoms with Gasteiger partial charge in [0.05, 0.1) is 14.2 Å². The average molecular weight is 537 g/mol. The molecule has 3 aromatic rings. The van der Waals surface area contributed by atoms with E-state index in [-0.39, 0.29) is 22.5 Å². The number of halogens is 1. The zero-order valence-electron chi connectivity index (χ0n) is 20.2. The van der Waals surface area contributed by atoms with Gasteiger partial charge in [-0.25, -0.2) is 14.4 Å². The monoisotopic (exact) mass is 536 g/mol. The minimum atomic E-state index is -0.691. The number of amides is 1. The highest BCUT2D eigenvalue weighted by atomic mass is 32.2. The number of carbonyl (C=O) groups excluding carboxylic acids is 1. The van der Waals surface area contributed by atoms with Crippen molar-refractivity contribution in [2.45, 2.75) is 29.7 Å². The fourth-order valence-corrected chi connectivity index (χ4v) is 5.93. The molecular weight excluding hydrogens is 507 g/mol. The lowest BCUT2D eigenvalue weighted by molar-refractivity contribution is 0.0939. The van der Waals surface area contributed by atoms with Crippen molar-refractivity contribution in [2.24, 2.45) is 5.73 Å². The first kappa shape index (κ1) is 26.7. The number of carbonyl (C=O) groups is 1. The highest BCUT2D eigenvalue weighted by molar-refractivity contribution is 8.24. The molecule has 7 nitrogen and oxygen atoms in total. The highest BCUT2D eigenvalue weighted by Crippen LogP contribution is 2.39. The van der Waals surface area contributed by atoms with Gasteiger partial charge in [0.25, 0.3) is 5.91 Å². The average Bonchev–Trinajstić information content (AvgIpc) is 3.45. The van der Waals surface area contributed by atoms with Crippen LogP contribution in [0.1, 0.15) is 34.8 Å². The molecular formula is C27H29FN6OS2. The van der Waals surface area contributed by atoms with Crippen molar-refractivity contribution in [2.75, 3.05) is 18.4 Å². The molecule has 2 aromatic heterocycles. The van der Waals surface area contributed by atoms with Crippen molar-refractivity contribution in [3.63, 3.8) is 0 Å². The van der Waals surface area contributed by atoms with Gasteiger partial charge in [-0.2, -0.15) is 0 Å². The van der Waals surface area contributed by atoms with Gasteiger partial charge >= 0.3 is 0 Å². The molecule has 192 valence electrons. The van der Waals surface area contributed by atoms with E-state index >= 15 is 4.39 Å². The van der Waals surface area contributed by atoms with E-state index in [1.807, 2.05) is 36.4 Å². The fourth-order valence-electron chi connectivity index (χ4n) is 4.12. The van der Waals surface area contributed by atoms with Crippen LogP contribution in [0.15, 0.2) is 93.9 Å². The number of benzene rings is 1. The summed E-state index contributed by atoms with van der Waals surface area (Å²) in [5.74, 6) is -0.527. The van der Waals surface area contributed by atoms with Crippen LogP contribution in [-0.4, -0.2) is 35.0 Å².